The van der Waals surface area contributed by atoms with Crippen molar-refractivity contribution in [1.29, 1.82) is 0 Å². The molecule has 1 fully saturated rings. The summed E-state index contributed by atoms with van der Waals surface area (Å²) in [4.78, 5) is 0. The van der Waals surface area contributed by atoms with Gasteiger partial charge in [-0.1, -0.05) is 0 Å². The average molecular weight is 138 g/mol. The fraction of sp³-hybridized carbons (Fsp3) is 1.00. The molecule has 1 saturated carbocycles. The van der Waals surface area contributed by atoms with Gasteiger partial charge in [0, 0.05) is 0 Å². The molecule has 0 aliphatic heterocycles. The van der Waals surface area contributed by atoms with Crippen LogP contribution in [0.3, 0.4) is 0 Å². The smallest absolute Gasteiger partial charge is 0.244 e. The highest BCUT2D eigenvalue weighted by Gasteiger charge is 2.33. The van der Waals surface area contributed by atoms with Crippen molar-refractivity contribution in [1.82, 2.24) is 0 Å². The molecule has 2 unspecified atom stereocenters. The van der Waals surface area contributed by atoms with Crippen molar-refractivity contribution >= 4 is 0 Å². The fourth-order valence-corrected chi connectivity index (χ4v) is 1.23. The predicted molar refractivity (Wildman–Crippen MR) is 28.2 cm³/mol. The van der Waals surface area contributed by atoms with E-state index in [1.165, 1.54) is 0 Å². The van der Waals surface area contributed by atoms with Gasteiger partial charge in [-0.25, -0.2) is 13.2 Å². The summed E-state index contributed by atoms with van der Waals surface area (Å²) >= 11 is 0. The fourth-order valence-electron chi connectivity index (χ4n) is 1.23. The monoisotopic (exact) mass is 138 g/mol. The molecule has 0 bridgehead atoms. The summed E-state index contributed by atoms with van der Waals surface area (Å²) in [5.74, 6) is -0.968. The van der Waals surface area contributed by atoms with Crippen LogP contribution in [0, 0.1) is 5.92 Å². The lowest BCUT2D eigenvalue weighted by atomic mass is 10.1. The summed E-state index contributed by atoms with van der Waals surface area (Å²) in [7, 11) is 0. The molecule has 9 heavy (non-hydrogen) atoms. The molecule has 0 aromatic rings. The summed E-state index contributed by atoms with van der Waals surface area (Å²) in [6.07, 6.45) is -2.39. The first kappa shape index (κ1) is 6.90. The van der Waals surface area contributed by atoms with Crippen LogP contribution in [0.15, 0.2) is 0 Å². The predicted octanol–water partition coefficient (Wildman–Crippen LogP) is 2.39. The number of rotatable bonds is 1. The van der Waals surface area contributed by atoms with Crippen molar-refractivity contribution < 1.29 is 13.2 Å². The van der Waals surface area contributed by atoms with E-state index in [2.05, 4.69) is 0 Å². The molecular weight excluding hydrogens is 129 g/mol. The molecule has 0 radical (unpaired) electrons. The van der Waals surface area contributed by atoms with E-state index in [1.54, 1.807) is 0 Å². The maximum atomic E-state index is 12.4. The summed E-state index contributed by atoms with van der Waals surface area (Å²) in [6, 6.07) is 0. The number of hydrogen-bond acceptors (Lipinski definition) is 0. The third-order valence-corrected chi connectivity index (χ3v) is 1.81. The van der Waals surface area contributed by atoms with Crippen molar-refractivity contribution in [3.8, 4) is 0 Å². The van der Waals surface area contributed by atoms with E-state index in [9.17, 15) is 13.2 Å². The largest absolute Gasteiger partial charge is 0.247 e. The Morgan fingerprint density at radius 2 is 1.89 bits per heavy atom. The lowest BCUT2D eigenvalue weighted by molar-refractivity contribution is 0.0440. The minimum Gasteiger partial charge on any atom is -0.247 e. The quantitative estimate of drug-likeness (QED) is 0.522. The van der Waals surface area contributed by atoms with Gasteiger partial charge in [-0.05, 0) is 19.3 Å². The second-order valence-electron chi connectivity index (χ2n) is 2.45. The van der Waals surface area contributed by atoms with Crippen molar-refractivity contribution in [2.75, 3.05) is 0 Å². The molecule has 0 spiro atoms. The first-order valence-corrected chi connectivity index (χ1v) is 3.14. The van der Waals surface area contributed by atoms with E-state index in [0.29, 0.717) is 19.3 Å². The summed E-state index contributed by atoms with van der Waals surface area (Å²) in [5.41, 5.74) is 0. The van der Waals surface area contributed by atoms with E-state index in [4.69, 9.17) is 0 Å². The molecule has 1 rings (SSSR count). The highest BCUT2D eigenvalue weighted by atomic mass is 19.3. The summed E-state index contributed by atoms with van der Waals surface area (Å²) in [6.45, 7) is 0. The highest BCUT2D eigenvalue weighted by molar-refractivity contribution is 4.78. The topological polar surface area (TPSA) is 0 Å². The van der Waals surface area contributed by atoms with E-state index in [0.717, 1.165) is 0 Å². The first-order valence-electron chi connectivity index (χ1n) is 3.14. The van der Waals surface area contributed by atoms with Gasteiger partial charge in [-0.2, -0.15) is 0 Å². The number of hydrogen-bond donors (Lipinski definition) is 0. The second-order valence-corrected chi connectivity index (χ2v) is 2.45. The number of alkyl halides is 3. The Morgan fingerprint density at radius 1 is 1.22 bits per heavy atom. The average Bonchev–Trinajstić information content (AvgIpc) is 2.13. The lowest BCUT2D eigenvalue weighted by Gasteiger charge is -2.09. The molecule has 3 heteroatoms. The second kappa shape index (κ2) is 2.58. The number of halogens is 3. The van der Waals surface area contributed by atoms with E-state index >= 15 is 0 Å². The van der Waals surface area contributed by atoms with Crippen LogP contribution < -0.4 is 0 Å². The molecule has 54 valence electrons. The Kier molecular flexibility index (Phi) is 1.98. The maximum Gasteiger partial charge on any atom is 0.244 e. The van der Waals surface area contributed by atoms with Crippen LogP contribution >= 0.6 is 0 Å². The minimum atomic E-state index is -2.46. The van der Waals surface area contributed by atoms with Gasteiger partial charge in [0.25, 0.3) is 0 Å². The van der Waals surface area contributed by atoms with Gasteiger partial charge >= 0.3 is 0 Å². The zero-order valence-corrected chi connectivity index (χ0v) is 4.99. The Labute approximate surface area is 52.1 Å². The summed E-state index contributed by atoms with van der Waals surface area (Å²) < 4.78 is 35.9. The van der Waals surface area contributed by atoms with E-state index in [1.807, 2.05) is 0 Å². The van der Waals surface area contributed by atoms with Gasteiger partial charge in [0.15, 0.2) is 0 Å². The van der Waals surface area contributed by atoms with Gasteiger partial charge in [-0.3, -0.25) is 0 Å². The van der Waals surface area contributed by atoms with Gasteiger partial charge in [0.05, 0.1) is 5.92 Å². The Bertz CT molecular complexity index is 92.3. The normalized spacial score (nSPS) is 36.0. The summed E-state index contributed by atoms with van der Waals surface area (Å²) in [5, 5.41) is 0. The molecule has 0 aromatic carbocycles. The zero-order valence-electron chi connectivity index (χ0n) is 4.99. The van der Waals surface area contributed by atoms with Gasteiger partial charge in [-0.15, -0.1) is 0 Å². The van der Waals surface area contributed by atoms with E-state index < -0.39 is 18.5 Å². The van der Waals surface area contributed by atoms with Crippen molar-refractivity contribution in [2.45, 2.75) is 31.9 Å². The van der Waals surface area contributed by atoms with Gasteiger partial charge < -0.3 is 0 Å². The third-order valence-electron chi connectivity index (χ3n) is 1.81. The highest BCUT2D eigenvalue weighted by Crippen LogP contribution is 2.32. The lowest BCUT2D eigenvalue weighted by Crippen LogP contribution is -2.16. The van der Waals surface area contributed by atoms with Crippen LogP contribution in [-0.4, -0.2) is 12.6 Å². The Hall–Kier alpha value is -0.210. The first-order chi connectivity index (χ1) is 4.22. The van der Waals surface area contributed by atoms with Crippen LogP contribution in [-0.2, 0) is 0 Å². The Balaban J connectivity index is 2.40. The molecule has 1 aliphatic rings. The molecule has 2 atom stereocenters. The third kappa shape index (κ3) is 1.37. The van der Waals surface area contributed by atoms with E-state index in [-0.39, 0.29) is 0 Å². The SMILES string of the molecule is FC(F)C1CCCC1F. The van der Waals surface area contributed by atoms with Crippen molar-refractivity contribution in [3.05, 3.63) is 0 Å². The minimum absolute atomic E-state index is 0.328. The van der Waals surface area contributed by atoms with Crippen LogP contribution in [0.5, 0.6) is 0 Å². The molecule has 0 heterocycles. The standard InChI is InChI=1S/C6H9F3/c7-5-3-1-2-4(5)6(8)9/h4-6H,1-3H2. The van der Waals surface area contributed by atoms with Crippen LogP contribution in [0.1, 0.15) is 19.3 Å². The zero-order chi connectivity index (χ0) is 6.85. The molecule has 0 amide bonds. The Morgan fingerprint density at radius 3 is 2.11 bits per heavy atom. The van der Waals surface area contributed by atoms with Gasteiger partial charge in [0.2, 0.25) is 6.43 Å². The molecule has 0 aromatic heterocycles. The van der Waals surface area contributed by atoms with Gasteiger partial charge in [0.1, 0.15) is 6.17 Å². The van der Waals surface area contributed by atoms with Crippen LogP contribution in [0.25, 0.3) is 0 Å². The van der Waals surface area contributed by atoms with Crippen LogP contribution in [0.4, 0.5) is 13.2 Å². The molecule has 0 saturated heterocycles. The van der Waals surface area contributed by atoms with Crippen molar-refractivity contribution in [2.24, 2.45) is 5.92 Å². The molecule has 0 N–H and O–H groups in total. The molecule has 0 nitrogen and oxygen atoms in total. The molecular formula is C6H9F3. The van der Waals surface area contributed by atoms with Crippen LogP contribution in [0.2, 0.25) is 0 Å². The maximum absolute atomic E-state index is 12.4. The van der Waals surface area contributed by atoms with Crippen molar-refractivity contribution in [3.63, 3.8) is 0 Å². The molecule has 1 aliphatic carbocycles.